The number of hydrogen-bond acceptors (Lipinski definition) is 1. The first-order valence-electron chi connectivity index (χ1n) is 5.89. The molecule has 0 saturated heterocycles. The van der Waals surface area contributed by atoms with Crippen LogP contribution in [0.4, 0.5) is 8.78 Å². The van der Waals surface area contributed by atoms with Gasteiger partial charge >= 0.3 is 0 Å². The Morgan fingerprint density at radius 3 is 2.42 bits per heavy atom. The van der Waals surface area contributed by atoms with E-state index in [0.29, 0.717) is 6.07 Å². The number of nitrogens with one attached hydrogen (secondary N) is 1. The molecule has 2 nitrogen and oxygen atoms in total. The summed E-state index contributed by atoms with van der Waals surface area (Å²) in [5.74, 6) is -2.13. The second kappa shape index (κ2) is 5.61. The third-order valence-corrected chi connectivity index (χ3v) is 2.82. The van der Waals surface area contributed by atoms with Crippen molar-refractivity contribution < 1.29 is 13.6 Å². The van der Waals surface area contributed by atoms with E-state index >= 15 is 0 Å². The Bertz CT molecular complexity index is 584. The number of carbonyl (C=O) groups is 1. The summed E-state index contributed by atoms with van der Waals surface area (Å²) in [5, 5.41) is 2.67. The van der Waals surface area contributed by atoms with Crippen molar-refractivity contribution in [3.05, 3.63) is 71.3 Å². The van der Waals surface area contributed by atoms with Crippen LogP contribution in [-0.2, 0) is 0 Å². The van der Waals surface area contributed by atoms with Crippen LogP contribution < -0.4 is 5.32 Å². The molecule has 0 unspecified atom stereocenters. The van der Waals surface area contributed by atoms with Gasteiger partial charge in [0.15, 0.2) is 0 Å². The zero-order valence-corrected chi connectivity index (χ0v) is 10.4. The van der Waals surface area contributed by atoms with Gasteiger partial charge in [-0.15, -0.1) is 0 Å². The third-order valence-electron chi connectivity index (χ3n) is 2.82. The summed E-state index contributed by atoms with van der Waals surface area (Å²) in [6.45, 7) is 1.80. The first kappa shape index (κ1) is 13.2. The summed E-state index contributed by atoms with van der Waals surface area (Å²) in [4.78, 5) is 11.9. The topological polar surface area (TPSA) is 29.1 Å². The predicted molar refractivity (Wildman–Crippen MR) is 68.7 cm³/mol. The lowest BCUT2D eigenvalue weighted by Gasteiger charge is -2.14. The standard InChI is InChI=1S/C15H13F2NO/c1-10(11-5-3-2-4-6-11)18-15(19)13-8-7-12(16)9-14(13)17/h2-10H,1H3,(H,18,19)/t10-/m1/s1. The molecule has 2 rings (SSSR count). The maximum atomic E-state index is 13.5. The maximum Gasteiger partial charge on any atom is 0.254 e. The van der Waals surface area contributed by atoms with Crippen molar-refractivity contribution in [3.8, 4) is 0 Å². The zero-order valence-electron chi connectivity index (χ0n) is 10.4. The molecule has 1 N–H and O–H groups in total. The Hall–Kier alpha value is -2.23. The minimum Gasteiger partial charge on any atom is -0.345 e. The van der Waals surface area contributed by atoms with Crippen LogP contribution in [0.5, 0.6) is 0 Å². The van der Waals surface area contributed by atoms with Crippen molar-refractivity contribution in [2.75, 3.05) is 0 Å². The van der Waals surface area contributed by atoms with Crippen molar-refractivity contribution in [2.45, 2.75) is 13.0 Å². The number of halogens is 2. The molecule has 19 heavy (non-hydrogen) atoms. The molecule has 0 aromatic heterocycles. The van der Waals surface area contributed by atoms with Crippen molar-refractivity contribution >= 4 is 5.91 Å². The molecule has 4 heteroatoms. The van der Waals surface area contributed by atoms with Crippen LogP contribution in [0.15, 0.2) is 48.5 Å². The van der Waals surface area contributed by atoms with Crippen LogP contribution in [0.25, 0.3) is 0 Å². The summed E-state index contributed by atoms with van der Waals surface area (Å²) < 4.78 is 26.2. The number of benzene rings is 2. The average Bonchev–Trinajstić information content (AvgIpc) is 2.39. The SMILES string of the molecule is C[C@@H](NC(=O)c1ccc(F)cc1F)c1ccccc1. The molecular weight excluding hydrogens is 248 g/mol. The molecule has 98 valence electrons. The lowest BCUT2D eigenvalue weighted by molar-refractivity contribution is 0.0935. The zero-order chi connectivity index (χ0) is 13.8. The molecule has 0 heterocycles. The van der Waals surface area contributed by atoms with E-state index in [-0.39, 0.29) is 11.6 Å². The molecular formula is C15H13F2NO. The first-order valence-corrected chi connectivity index (χ1v) is 5.89. The maximum absolute atomic E-state index is 13.5. The number of hydrogen-bond donors (Lipinski definition) is 1. The Labute approximate surface area is 110 Å². The molecule has 2 aromatic rings. The van der Waals surface area contributed by atoms with Crippen LogP contribution in [0, 0.1) is 11.6 Å². The minimum absolute atomic E-state index is 0.163. The van der Waals surface area contributed by atoms with Crippen molar-refractivity contribution in [1.29, 1.82) is 0 Å². The molecule has 0 bridgehead atoms. The predicted octanol–water partition coefficient (Wildman–Crippen LogP) is 3.46. The van der Waals surface area contributed by atoms with Gasteiger partial charge in [0.05, 0.1) is 11.6 Å². The van der Waals surface area contributed by atoms with E-state index in [2.05, 4.69) is 5.32 Å². The highest BCUT2D eigenvalue weighted by atomic mass is 19.1. The molecule has 0 saturated carbocycles. The van der Waals surface area contributed by atoms with Crippen LogP contribution in [0.1, 0.15) is 28.9 Å². The molecule has 0 aliphatic heterocycles. The van der Waals surface area contributed by atoms with Crippen LogP contribution in [0.3, 0.4) is 0 Å². The fourth-order valence-corrected chi connectivity index (χ4v) is 1.77. The summed E-state index contributed by atoms with van der Waals surface area (Å²) in [7, 11) is 0. The highest BCUT2D eigenvalue weighted by Crippen LogP contribution is 2.14. The highest BCUT2D eigenvalue weighted by molar-refractivity contribution is 5.94. The van der Waals surface area contributed by atoms with E-state index in [1.54, 1.807) is 6.92 Å². The van der Waals surface area contributed by atoms with E-state index in [9.17, 15) is 13.6 Å². The quantitative estimate of drug-likeness (QED) is 0.900. The minimum atomic E-state index is -0.863. The van der Waals surface area contributed by atoms with Crippen molar-refractivity contribution in [2.24, 2.45) is 0 Å². The second-order valence-corrected chi connectivity index (χ2v) is 4.23. The summed E-state index contributed by atoms with van der Waals surface area (Å²) in [6, 6.07) is 12.0. The van der Waals surface area contributed by atoms with Crippen LogP contribution in [0.2, 0.25) is 0 Å². The van der Waals surface area contributed by atoms with Gasteiger partial charge in [-0.05, 0) is 24.6 Å². The first-order chi connectivity index (χ1) is 9.08. The Kier molecular flexibility index (Phi) is 3.90. The molecule has 0 aliphatic carbocycles. The Balaban J connectivity index is 2.13. The molecule has 0 aliphatic rings. The van der Waals surface area contributed by atoms with E-state index in [0.717, 1.165) is 17.7 Å². The molecule has 0 radical (unpaired) electrons. The van der Waals surface area contributed by atoms with Crippen molar-refractivity contribution in [1.82, 2.24) is 5.32 Å². The smallest absolute Gasteiger partial charge is 0.254 e. The summed E-state index contributed by atoms with van der Waals surface area (Å²) in [5.41, 5.74) is 0.752. The van der Waals surface area contributed by atoms with Gasteiger partial charge in [0, 0.05) is 6.07 Å². The van der Waals surface area contributed by atoms with Gasteiger partial charge in [-0.25, -0.2) is 8.78 Å². The lowest BCUT2D eigenvalue weighted by Crippen LogP contribution is -2.27. The molecule has 2 aromatic carbocycles. The van der Waals surface area contributed by atoms with Gasteiger partial charge in [-0.2, -0.15) is 0 Å². The van der Waals surface area contributed by atoms with Crippen LogP contribution >= 0.6 is 0 Å². The number of carbonyl (C=O) groups excluding carboxylic acids is 1. The van der Waals surface area contributed by atoms with Gasteiger partial charge < -0.3 is 5.32 Å². The fourth-order valence-electron chi connectivity index (χ4n) is 1.77. The summed E-state index contributed by atoms with van der Waals surface area (Å²) in [6.07, 6.45) is 0. The Morgan fingerprint density at radius 1 is 1.11 bits per heavy atom. The molecule has 1 amide bonds. The highest BCUT2D eigenvalue weighted by Gasteiger charge is 2.15. The summed E-state index contributed by atoms with van der Waals surface area (Å²) >= 11 is 0. The van der Waals surface area contributed by atoms with E-state index in [1.165, 1.54) is 0 Å². The van der Waals surface area contributed by atoms with Gasteiger partial charge in [0.1, 0.15) is 11.6 Å². The van der Waals surface area contributed by atoms with E-state index < -0.39 is 17.5 Å². The number of rotatable bonds is 3. The Morgan fingerprint density at radius 2 is 1.79 bits per heavy atom. The lowest BCUT2D eigenvalue weighted by atomic mass is 10.1. The second-order valence-electron chi connectivity index (χ2n) is 4.23. The van der Waals surface area contributed by atoms with Crippen molar-refractivity contribution in [3.63, 3.8) is 0 Å². The van der Waals surface area contributed by atoms with Crippen LogP contribution in [-0.4, -0.2) is 5.91 Å². The van der Waals surface area contributed by atoms with Gasteiger partial charge in [0.2, 0.25) is 0 Å². The monoisotopic (exact) mass is 261 g/mol. The fraction of sp³-hybridized carbons (Fsp3) is 0.133. The van der Waals surface area contributed by atoms with E-state index in [4.69, 9.17) is 0 Å². The normalized spacial score (nSPS) is 11.9. The molecule has 1 atom stereocenters. The van der Waals surface area contributed by atoms with E-state index in [1.807, 2.05) is 30.3 Å². The van der Waals surface area contributed by atoms with Gasteiger partial charge in [0.25, 0.3) is 5.91 Å². The van der Waals surface area contributed by atoms with Gasteiger partial charge in [-0.1, -0.05) is 30.3 Å². The third kappa shape index (κ3) is 3.16. The van der Waals surface area contributed by atoms with Gasteiger partial charge in [-0.3, -0.25) is 4.79 Å². The largest absolute Gasteiger partial charge is 0.345 e. The molecule has 0 spiro atoms. The average molecular weight is 261 g/mol. The number of amides is 1. The molecule has 0 fully saturated rings.